The summed E-state index contributed by atoms with van der Waals surface area (Å²) in [6, 6.07) is 12.4. The quantitative estimate of drug-likeness (QED) is 0.748. The minimum atomic E-state index is -3.71. The lowest BCUT2D eigenvalue weighted by Crippen LogP contribution is -2.46. The summed E-state index contributed by atoms with van der Waals surface area (Å²) in [5, 5.41) is 0.312. The average molecular weight is 366 g/mol. The van der Waals surface area contributed by atoms with Crippen LogP contribution < -0.4 is 4.74 Å². The van der Waals surface area contributed by atoms with Gasteiger partial charge in [-0.1, -0.05) is 51.7 Å². The SMILES string of the molecule is Cc1ccc(CN2[C@@H](C)[C@@H](C)Oc3c(Cl)cccc3[S+]2(=O)[O-])cc1. The molecule has 0 saturated heterocycles. The largest absolute Gasteiger partial charge is 0.593 e. The molecule has 0 spiro atoms. The smallest absolute Gasteiger partial charge is 0.218 e. The average Bonchev–Trinajstić information content (AvgIpc) is 2.61. The van der Waals surface area contributed by atoms with Gasteiger partial charge in [0.1, 0.15) is 6.10 Å². The number of nitrogens with zero attached hydrogens (tertiary/aromatic N) is 1. The molecule has 128 valence electrons. The summed E-state index contributed by atoms with van der Waals surface area (Å²) in [6.07, 6.45) is -0.314. The second-order valence-corrected chi connectivity index (χ2v) is 8.43. The molecular formula is C18H20ClNO3S. The highest BCUT2D eigenvalue weighted by Gasteiger charge is 2.43. The third kappa shape index (κ3) is 3.09. The van der Waals surface area contributed by atoms with E-state index in [1.807, 2.05) is 45.0 Å². The molecule has 2 aromatic carbocycles. The first-order valence-electron chi connectivity index (χ1n) is 7.83. The number of ether oxygens (including phenoxy) is 1. The number of rotatable bonds is 2. The van der Waals surface area contributed by atoms with Gasteiger partial charge in [-0.2, -0.15) is 0 Å². The van der Waals surface area contributed by atoms with Gasteiger partial charge >= 0.3 is 0 Å². The van der Waals surface area contributed by atoms with Crippen LogP contribution in [-0.2, 0) is 21.2 Å². The molecule has 0 fully saturated rings. The topological polar surface area (TPSA) is 52.6 Å². The molecule has 0 amide bonds. The molecule has 2 aromatic rings. The van der Waals surface area contributed by atoms with Crippen molar-refractivity contribution in [3.63, 3.8) is 0 Å². The molecule has 0 aliphatic carbocycles. The van der Waals surface area contributed by atoms with E-state index in [1.54, 1.807) is 18.2 Å². The number of sulfonamides is 1. The highest BCUT2D eigenvalue weighted by Crippen LogP contribution is 2.41. The molecule has 4 nitrogen and oxygen atoms in total. The van der Waals surface area contributed by atoms with Gasteiger partial charge in [0.05, 0.1) is 17.6 Å². The van der Waals surface area contributed by atoms with Gasteiger partial charge in [-0.15, -0.1) is 4.31 Å². The second kappa shape index (κ2) is 6.48. The lowest BCUT2D eigenvalue weighted by atomic mass is 10.1. The first-order chi connectivity index (χ1) is 11.3. The van der Waals surface area contributed by atoms with E-state index in [4.69, 9.17) is 16.3 Å². The molecule has 1 aliphatic rings. The normalized spacial score (nSPS) is 27.2. The molecular weight excluding hydrogens is 346 g/mol. The molecule has 3 atom stereocenters. The van der Waals surface area contributed by atoms with Gasteiger partial charge in [0, 0.05) is 0 Å². The van der Waals surface area contributed by atoms with Gasteiger partial charge in [-0.25, -0.2) is 0 Å². The molecule has 1 heterocycles. The van der Waals surface area contributed by atoms with E-state index >= 15 is 0 Å². The van der Waals surface area contributed by atoms with Gasteiger partial charge in [0.15, 0.2) is 16.1 Å². The van der Waals surface area contributed by atoms with Crippen LogP contribution in [0.15, 0.2) is 47.4 Å². The molecule has 1 unspecified atom stereocenters. The lowest BCUT2D eigenvalue weighted by molar-refractivity contribution is 0.135. The van der Waals surface area contributed by atoms with Crippen molar-refractivity contribution in [2.45, 2.75) is 44.4 Å². The van der Waals surface area contributed by atoms with E-state index < -0.39 is 10.4 Å². The summed E-state index contributed by atoms with van der Waals surface area (Å²) in [7, 11) is -3.71. The van der Waals surface area contributed by atoms with Gasteiger partial charge in [-0.05, 0) is 38.5 Å². The third-order valence-electron chi connectivity index (χ3n) is 4.41. The third-order valence-corrected chi connectivity index (χ3v) is 6.67. The predicted octanol–water partition coefficient (Wildman–Crippen LogP) is 4.22. The molecule has 0 N–H and O–H groups in total. The maximum Gasteiger partial charge on any atom is 0.218 e. The summed E-state index contributed by atoms with van der Waals surface area (Å²) < 4.78 is 33.7. The minimum absolute atomic E-state index is 0.123. The monoisotopic (exact) mass is 365 g/mol. The van der Waals surface area contributed by atoms with Crippen LogP contribution in [0.3, 0.4) is 0 Å². The van der Waals surface area contributed by atoms with Crippen molar-refractivity contribution >= 4 is 22.0 Å². The van der Waals surface area contributed by atoms with Crippen LogP contribution in [0.25, 0.3) is 0 Å². The van der Waals surface area contributed by atoms with Crippen molar-refractivity contribution in [1.82, 2.24) is 4.31 Å². The van der Waals surface area contributed by atoms with Gasteiger partial charge in [-0.3, -0.25) is 0 Å². The summed E-state index contributed by atoms with van der Waals surface area (Å²) in [6.45, 7) is 6.02. The standard InChI is InChI=1S/C18H20ClNO3S/c1-12-7-9-15(10-8-12)11-20-13(2)14(3)23-18-16(19)5-4-6-17(18)24(20,21)22/h4-10,13-14H,11H2,1-3H3/t13-,14+/m0/s1. The van der Waals surface area contributed by atoms with Crippen LogP contribution in [-0.4, -0.2) is 21.0 Å². The zero-order valence-electron chi connectivity index (χ0n) is 13.9. The Kier molecular flexibility index (Phi) is 4.71. The van der Waals surface area contributed by atoms with E-state index in [-0.39, 0.29) is 22.8 Å². The number of fused-ring (bicyclic) bond motifs is 1. The molecule has 6 heteroatoms. The Balaban J connectivity index is 2.06. The fourth-order valence-electron chi connectivity index (χ4n) is 2.77. The Labute approximate surface area is 148 Å². The van der Waals surface area contributed by atoms with Crippen molar-refractivity contribution in [2.24, 2.45) is 0 Å². The summed E-state index contributed by atoms with van der Waals surface area (Å²) in [5.41, 5.74) is 2.08. The van der Waals surface area contributed by atoms with E-state index in [0.29, 0.717) is 11.6 Å². The highest BCUT2D eigenvalue weighted by molar-refractivity contribution is 7.95. The fourth-order valence-corrected chi connectivity index (χ4v) is 4.87. The molecule has 1 aliphatic heterocycles. The molecule has 0 aromatic heterocycles. The number of hydrogen-bond donors (Lipinski definition) is 0. The van der Waals surface area contributed by atoms with Gasteiger partial charge in [0.25, 0.3) is 0 Å². The summed E-state index contributed by atoms with van der Waals surface area (Å²) in [4.78, 5) is 0.123. The van der Waals surface area contributed by atoms with Crippen LogP contribution >= 0.6 is 11.6 Å². The molecule has 0 radical (unpaired) electrons. The Morgan fingerprint density at radius 1 is 1.21 bits per heavy atom. The van der Waals surface area contributed by atoms with Crippen molar-refractivity contribution in [1.29, 1.82) is 0 Å². The Bertz CT molecular complexity index is 793. The van der Waals surface area contributed by atoms with Crippen LogP contribution in [0, 0.1) is 6.92 Å². The lowest BCUT2D eigenvalue weighted by Gasteiger charge is -2.31. The Hall–Kier alpha value is -1.40. The van der Waals surface area contributed by atoms with E-state index in [0.717, 1.165) is 11.1 Å². The zero-order valence-corrected chi connectivity index (χ0v) is 15.4. The van der Waals surface area contributed by atoms with E-state index in [1.165, 1.54) is 4.31 Å². The Morgan fingerprint density at radius 3 is 2.54 bits per heavy atom. The molecule has 0 saturated carbocycles. The van der Waals surface area contributed by atoms with Crippen LogP contribution in [0.5, 0.6) is 5.75 Å². The molecule has 0 bridgehead atoms. The van der Waals surface area contributed by atoms with Crippen molar-refractivity contribution in [3.05, 3.63) is 58.6 Å². The van der Waals surface area contributed by atoms with Crippen molar-refractivity contribution < 1.29 is 13.5 Å². The van der Waals surface area contributed by atoms with Crippen LogP contribution in [0.2, 0.25) is 5.02 Å². The first kappa shape index (κ1) is 17.4. The van der Waals surface area contributed by atoms with Crippen molar-refractivity contribution in [2.75, 3.05) is 0 Å². The summed E-state index contributed by atoms with van der Waals surface area (Å²) in [5.74, 6) is 0.241. The number of halogens is 1. The predicted molar refractivity (Wildman–Crippen MR) is 94.8 cm³/mol. The number of aryl methyl sites for hydroxylation is 1. The maximum absolute atomic E-state index is 13.2. The minimum Gasteiger partial charge on any atom is -0.593 e. The number of benzene rings is 2. The van der Waals surface area contributed by atoms with Gasteiger partial charge in [0.2, 0.25) is 4.90 Å². The first-order valence-corrected chi connectivity index (χ1v) is 9.65. The fraction of sp³-hybridized carbons (Fsp3) is 0.333. The highest BCUT2D eigenvalue weighted by atomic mass is 35.5. The molecule has 24 heavy (non-hydrogen) atoms. The van der Waals surface area contributed by atoms with Crippen molar-refractivity contribution in [3.8, 4) is 5.75 Å². The van der Waals surface area contributed by atoms with Crippen LogP contribution in [0.1, 0.15) is 25.0 Å². The summed E-state index contributed by atoms with van der Waals surface area (Å²) >= 11 is 6.17. The van der Waals surface area contributed by atoms with Gasteiger partial charge < -0.3 is 9.29 Å². The molecule has 3 rings (SSSR count). The Morgan fingerprint density at radius 2 is 1.88 bits per heavy atom. The second-order valence-electron chi connectivity index (χ2n) is 6.17. The maximum atomic E-state index is 13.2. The zero-order chi connectivity index (χ0) is 17.5. The number of hydrogen-bond acceptors (Lipinski definition) is 3. The van der Waals surface area contributed by atoms with E-state index in [2.05, 4.69) is 0 Å². The van der Waals surface area contributed by atoms with E-state index in [9.17, 15) is 8.76 Å². The van der Waals surface area contributed by atoms with Crippen LogP contribution in [0.4, 0.5) is 0 Å². The number of para-hydroxylation sites is 1.